The molecule has 1 unspecified atom stereocenters. The van der Waals surface area contributed by atoms with Crippen molar-refractivity contribution in [1.29, 1.82) is 0 Å². The van der Waals surface area contributed by atoms with Gasteiger partial charge in [-0.2, -0.15) is 0 Å². The van der Waals surface area contributed by atoms with Crippen LogP contribution in [0.25, 0.3) is 0 Å². The molecule has 0 saturated carbocycles. The van der Waals surface area contributed by atoms with Gasteiger partial charge in [0.2, 0.25) is 0 Å². The third kappa shape index (κ3) is 2.47. The zero-order valence-corrected chi connectivity index (χ0v) is 7.99. The number of aryl methyl sites for hydroxylation is 2. The summed E-state index contributed by atoms with van der Waals surface area (Å²) >= 11 is 0. The van der Waals surface area contributed by atoms with Crippen molar-refractivity contribution in [3.63, 3.8) is 0 Å². The van der Waals surface area contributed by atoms with Crippen LogP contribution in [0.4, 0.5) is 0 Å². The summed E-state index contributed by atoms with van der Waals surface area (Å²) in [5.74, 6) is 0.430. The van der Waals surface area contributed by atoms with Gasteiger partial charge in [-0.05, 0) is 19.4 Å². The first kappa shape index (κ1) is 10.1. The first-order valence-electron chi connectivity index (χ1n) is 4.40. The number of nitrogens with two attached hydrogens (primary N) is 1. The molecule has 1 aromatic rings. The van der Waals surface area contributed by atoms with Gasteiger partial charge in [-0.25, -0.2) is 9.97 Å². The van der Waals surface area contributed by atoms with Gasteiger partial charge in [0.05, 0.1) is 0 Å². The highest BCUT2D eigenvalue weighted by Gasteiger charge is 2.09. The van der Waals surface area contributed by atoms with Gasteiger partial charge < -0.3 is 10.8 Å². The molecule has 4 nitrogen and oxygen atoms in total. The average Bonchev–Trinajstić information content (AvgIpc) is 2.15. The van der Waals surface area contributed by atoms with Crippen LogP contribution in [0.15, 0.2) is 6.07 Å². The number of rotatable bonds is 3. The van der Waals surface area contributed by atoms with E-state index in [0.29, 0.717) is 5.82 Å². The van der Waals surface area contributed by atoms with Crippen molar-refractivity contribution in [2.45, 2.75) is 26.4 Å². The fourth-order valence-corrected chi connectivity index (χ4v) is 1.09. The fraction of sp³-hybridized carbons (Fsp3) is 0.556. The Bertz CT molecular complexity index is 288. The highest BCUT2D eigenvalue weighted by Crippen LogP contribution is 2.08. The summed E-state index contributed by atoms with van der Waals surface area (Å²) in [5, 5.41) is 9.42. The Hall–Kier alpha value is -1.00. The van der Waals surface area contributed by atoms with Crippen molar-refractivity contribution in [2.75, 3.05) is 6.54 Å². The van der Waals surface area contributed by atoms with Crippen LogP contribution in [0, 0.1) is 6.92 Å². The Morgan fingerprint density at radius 2 is 2.23 bits per heavy atom. The maximum atomic E-state index is 9.42. The predicted molar refractivity (Wildman–Crippen MR) is 50.2 cm³/mol. The Balaban J connectivity index is 3.01. The molecule has 0 aliphatic heterocycles. The second kappa shape index (κ2) is 4.30. The molecular formula is C9H15N3O. The highest BCUT2D eigenvalue weighted by atomic mass is 16.3. The average molecular weight is 181 g/mol. The number of hydrogen-bond acceptors (Lipinski definition) is 4. The van der Waals surface area contributed by atoms with Gasteiger partial charge in [-0.1, -0.05) is 6.92 Å². The normalized spacial score (nSPS) is 12.9. The van der Waals surface area contributed by atoms with Crippen LogP contribution in [0.2, 0.25) is 0 Å². The lowest BCUT2D eigenvalue weighted by Crippen LogP contribution is -2.15. The zero-order valence-electron chi connectivity index (χ0n) is 7.99. The zero-order chi connectivity index (χ0) is 9.84. The van der Waals surface area contributed by atoms with E-state index < -0.39 is 6.10 Å². The van der Waals surface area contributed by atoms with E-state index in [2.05, 4.69) is 9.97 Å². The van der Waals surface area contributed by atoms with Crippen LogP contribution >= 0.6 is 0 Å². The molecule has 0 aromatic carbocycles. The number of aliphatic hydroxyl groups excluding tert-OH is 1. The van der Waals surface area contributed by atoms with Gasteiger partial charge in [0.25, 0.3) is 0 Å². The Morgan fingerprint density at radius 3 is 2.77 bits per heavy atom. The minimum absolute atomic E-state index is 0.159. The van der Waals surface area contributed by atoms with Crippen LogP contribution in [0.3, 0.4) is 0 Å². The molecule has 0 bridgehead atoms. The van der Waals surface area contributed by atoms with Gasteiger partial charge >= 0.3 is 0 Å². The molecule has 0 saturated heterocycles. The molecule has 72 valence electrons. The molecule has 1 atom stereocenters. The van der Waals surface area contributed by atoms with E-state index in [0.717, 1.165) is 17.8 Å². The van der Waals surface area contributed by atoms with Crippen molar-refractivity contribution >= 4 is 0 Å². The van der Waals surface area contributed by atoms with Gasteiger partial charge in [0, 0.05) is 17.9 Å². The molecule has 4 heteroatoms. The smallest absolute Gasteiger partial charge is 0.158 e. The topological polar surface area (TPSA) is 72.0 Å². The lowest BCUT2D eigenvalue weighted by atomic mass is 10.2. The van der Waals surface area contributed by atoms with Gasteiger partial charge in [0.15, 0.2) is 5.82 Å². The molecular weight excluding hydrogens is 166 g/mol. The second-order valence-electron chi connectivity index (χ2n) is 2.96. The van der Waals surface area contributed by atoms with Crippen molar-refractivity contribution in [2.24, 2.45) is 5.73 Å². The van der Waals surface area contributed by atoms with Crippen molar-refractivity contribution in [3.05, 3.63) is 23.3 Å². The van der Waals surface area contributed by atoms with E-state index in [1.54, 1.807) is 0 Å². The van der Waals surface area contributed by atoms with E-state index >= 15 is 0 Å². The molecule has 0 aliphatic carbocycles. The molecule has 0 amide bonds. The number of nitrogens with zero attached hydrogens (tertiary/aromatic N) is 2. The van der Waals surface area contributed by atoms with Crippen molar-refractivity contribution in [3.8, 4) is 0 Å². The summed E-state index contributed by atoms with van der Waals surface area (Å²) in [6.07, 6.45) is 0.0957. The van der Waals surface area contributed by atoms with E-state index in [1.165, 1.54) is 0 Å². The van der Waals surface area contributed by atoms with Gasteiger partial charge in [-0.15, -0.1) is 0 Å². The van der Waals surface area contributed by atoms with Crippen LogP contribution in [0.1, 0.15) is 30.2 Å². The van der Waals surface area contributed by atoms with E-state index in [1.807, 2.05) is 19.9 Å². The molecule has 1 aromatic heterocycles. The van der Waals surface area contributed by atoms with E-state index in [4.69, 9.17) is 5.73 Å². The molecule has 13 heavy (non-hydrogen) atoms. The lowest BCUT2D eigenvalue weighted by Gasteiger charge is -2.08. The minimum Gasteiger partial charge on any atom is -0.384 e. The number of aromatic nitrogens is 2. The van der Waals surface area contributed by atoms with Gasteiger partial charge in [0.1, 0.15) is 6.10 Å². The van der Waals surface area contributed by atoms with E-state index in [-0.39, 0.29) is 6.54 Å². The largest absolute Gasteiger partial charge is 0.384 e. The molecule has 0 radical (unpaired) electrons. The van der Waals surface area contributed by atoms with Crippen LogP contribution in [-0.2, 0) is 6.42 Å². The molecule has 1 heterocycles. The van der Waals surface area contributed by atoms with Crippen molar-refractivity contribution in [1.82, 2.24) is 9.97 Å². The first-order chi connectivity index (χ1) is 6.17. The Morgan fingerprint density at radius 1 is 1.54 bits per heavy atom. The van der Waals surface area contributed by atoms with Gasteiger partial charge in [-0.3, -0.25) is 0 Å². The summed E-state index contributed by atoms with van der Waals surface area (Å²) in [6.45, 7) is 4.06. The molecule has 1 rings (SSSR count). The quantitative estimate of drug-likeness (QED) is 0.705. The molecule has 0 aliphatic rings. The first-order valence-corrected chi connectivity index (χ1v) is 4.40. The predicted octanol–water partition coefficient (Wildman–Crippen LogP) is 0.340. The third-order valence-corrected chi connectivity index (χ3v) is 1.81. The SMILES string of the molecule is CCc1cc(C)nc(C(O)CN)n1. The summed E-state index contributed by atoms with van der Waals surface area (Å²) in [5.41, 5.74) is 7.13. The fourth-order valence-electron chi connectivity index (χ4n) is 1.09. The van der Waals surface area contributed by atoms with Crippen LogP contribution in [-0.4, -0.2) is 21.6 Å². The standard InChI is InChI=1S/C9H15N3O/c1-3-7-4-6(2)11-9(12-7)8(13)5-10/h4,8,13H,3,5,10H2,1-2H3. The summed E-state index contributed by atoms with van der Waals surface area (Å²) in [4.78, 5) is 8.29. The Labute approximate surface area is 77.8 Å². The number of hydrogen-bond donors (Lipinski definition) is 2. The third-order valence-electron chi connectivity index (χ3n) is 1.81. The lowest BCUT2D eigenvalue weighted by molar-refractivity contribution is 0.176. The summed E-state index contributed by atoms with van der Waals surface area (Å²) in [6, 6.07) is 1.91. The van der Waals surface area contributed by atoms with Crippen LogP contribution in [0.5, 0.6) is 0 Å². The number of aliphatic hydroxyl groups is 1. The summed E-state index contributed by atoms with van der Waals surface area (Å²) in [7, 11) is 0. The highest BCUT2D eigenvalue weighted by molar-refractivity contribution is 5.11. The van der Waals surface area contributed by atoms with E-state index in [9.17, 15) is 5.11 Å². The maximum absolute atomic E-state index is 9.42. The monoisotopic (exact) mass is 181 g/mol. The Kier molecular flexibility index (Phi) is 3.33. The van der Waals surface area contributed by atoms with Crippen LogP contribution < -0.4 is 5.73 Å². The molecule has 0 fully saturated rings. The maximum Gasteiger partial charge on any atom is 0.158 e. The summed E-state index contributed by atoms with van der Waals surface area (Å²) < 4.78 is 0. The minimum atomic E-state index is -0.745. The van der Waals surface area contributed by atoms with Crippen molar-refractivity contribution < 1.29 is 5.11 Å². The molecule has 0 spiro atoms. The second-order valence-corrected chi connectivity index (χ2v) is 2.96. The molecule has 3 N–H and O–H groups in total.